The monoisotopic (exact) mass is 390 g/mol. The molecule has 0 unspecified atom stereocenters. The van der Waals surface area contributed by atoms with Crippen LogP contribution < -0.4 is 5.32 Å². The van der Waals surface area contributed by atoms with Crippen molar-refractivity contribution < 1.29 is 9.59 Å². The number of piperidine rings is 1. The first kappa shape index (κ1) is 19.7. The van der Waals surface area contributed by atoms with Crippen molar-refractivity contribution in [2.24, 2.45) is 0 Å². The van der Waals surface area contributed by atoms with E-state index in [9.17, 15) is 9.59 Å². The molecule has 1 aliphatic carbocycles. The van der Waals surface area contributed by atoms with Crippen LogP contribution in [0.5, 0.6) is 0 Å². The molecule has 2 aromatic carbocycles. The number of carbonyl (C=O) groups excluding carboxylic acids is 2. The fourth-order valence-corrected chi connectivity index (χ4v) is 4.39. The number of amides is 2. The van der Waals surface area contributed by atoms with Gasteiger partial charge in [-0.3, -0.25) is 9.59 Å². The Morgan fingerprint density at radius 3 is 2.24 bits per heavy atom. The molecule has 152 valence electrons. The lowest BCUT2D eigenvalue weighted by atomic mass is 9.90. The summed E-state index contributed by atoms with van der Waals surface area (Å²) in [6, 6.07) is 14.1. The van der Waals surface area contributed by atoms with Gasteiger partial charge >= 0.3 is 0 Å². The second-order valence-electron chi connectivity index (χ2n) is 8.31. The van der Waals surface area contributed by atoms with Crippen LogP contribution in [0.4, 0.5) is 0 Å². The van der Waals surface area contributed by atoms with Crippen LogP contribution in [0, 0.1) is 0 Å². The minimum Gasteiger partial charge on any atom is -0.352 e. The van der Waals surface area contributed by atoms with Gasteiger partial charge in [-0.05, 0) is 79.3 Å². The Bertz CT molecular complexity index is 867. The third-order valence-corrected chi connectivity index (χ3v) is 6.11. The van der Waals surface area contributed by atoms with Gasteiger partial charge in [0, 0.05) is 25.2 Å². The molecule has 0 bridgehead atoms. The Morgan fingerprint density at radius 2 is 1.48 bits per heavy atom. The number of nitrogens with zero attached hydrogens (tertiary/aromatic N) is 1. The molecule has 1 N–H and O–H groups in total. The number of hydrogen-bond donors (Lipinski definition) is 1. The van der Waals surface area contributed by atoms with E-state index < -0.39 is 0 Å². The fraction of sp³-hybridized carbons (Fsp3) is 0.440. The van der Waals surface area contributed by atoms with Gasteiger partial charge < -0.3 is 10.2 Å². The Morgan fingerprint density at radius 1 is 0.793 bits per heavy atom. The largest absolute Gasteiger partial charge is 0.352 e. The first-order chi connectivity index (χ1) is 14.2. The number of likely N-dealkylation sites (tertiary alicyclic amines) is 1. The zero-order valence-corrected chi connectivity index (χ0v) is 17.1. The van der Waals surface area contributed by atoms with E-state index in [0.717, 1.165) is 55.5 Å². The standard InChI is InChI=1S/C25H30N2O2/c28-24(17-20-10-11-21-6-2-3-7-23(21)16-20)26-18-19-8-12-22(13-9-19)25(29)27-14-4-1-5-15-27/h8-13,16H,1-7,14-15,17-18H2,(H,26,28). The van der Waals surface area contributed by atoms with Crippen LogP contribution >= 0.6 is 0 Å². The molecule has 0 aromatic heterocycles. The molecule has 2 aromatic rings. The van der Waals surface area contributed by atoms with E-state index >= 15 is 0 Å². The highest BCUT2D eigenvalue weighted by molar-refractivity contribution is 5.94. The number of hydrogen-bond acceptors (Lipinski definition) is 2. The van der Waals surface area contributed by atoms with Crippen LogP contribution in [0.3, 0.4) is 0 Å². The van der Waals surface area contributed by atoms with Crippen LogP contribution in [-0.4, -0.2) is 29.8 Å². The van der Waals surface area contributed by atoms with Gasteiger partial charge in [0.05, 0.1) is 6.42 Å². The summed E-state index contributed by atoms with van der Waals surface area (Å²) in [7, 11) is 0. The van der Waals surface area contributed by atoms with Gasteiger partial charge in [-0.2, -0.15) is 0 Å². The van der Waals surface area contributed by atoms with Crippen molar-refractivity contribution in [3.05, 3.63) is 70.3 Å². The van der Waals surface area contributed by atoms with Gasteiger partial charge in [0.25, 0.3) is 5.91 Å². The number of fused-ring (bicyclic) bond motifs is 1. The van der Waals surface area contributed by atoms with Crippen LogP contribution in [0.1, 0.15) is 64.7 Å². The van der Waals surface area contributed by atoms with Crippen molar-refractivity contribution >= 4 is 11.8 Å². The summed E-state index contributed by atoms with van der Waals surface area (Å²) in [4.78, 5) is 26.8. The molecule has 1 aliphatic heterocycles. The van der Waals surface area contributed by atoms with Gasteiger partial charge in [0.2, 0.25) is 5.91 Å². The molecule has 29 heavy (non-hydrogen) atoms. The molecule has 1 fully saturated rings. The molecule has 2 amide bonds. The second-order valence-corrected chi connectivity index (χ2v) is 8.31. The zero-order chi connectivity index (χ0) is 20.1. The predicted octanol–water partition coefficient (Wildman–Crippen LogP) is 4.05. The van der Waals surface area contributed by atoms with Crippen LogP contribution in [0.25, 0.3) is 0 Å². The van der Waals surface area contributed by atoms with E-state index in [1.807, 2.05) is 29.2 Å². The van der Waals surface area contributed by atoms with Crippen molar-refractivity contribution in [2.45, 2.75) is 57.9 Å². The Kier molecular flexibility index (Phi) is 6.28. The quantitative estimate of drug-likeness (QED) is 0.837. The van der Waals surface area contributed by atoms with E-state index in [1.165, 1.54) is 30.4 Å². The van der Waals surface area contributed by atoms with E-state index in [2.05, 4.69) is 23.5 Å². The van der Waals surface area contributed by atoms with Gasteiger partial charge in [-0.25, -0.2) is 0 Å². The molecular formula is C25H30N2O2. The molecule has 4 nitrogen and oxygen atoms in total. The highest BCUT2D eigenvalue weighted by atomic mass is 16.2. The molecular weight excluding hydrogens is 360 g/mol. The van der Waals surface area contributed by atoms with Crippen molar-refractivity contribution in [3.63, 3.8) is 0 Å². The fourth-order valence-electron chi connectivity index (χ4n) is 4.39. The summed E-state index contributed by atoms with van der Waals surface area (Å²) < 4.78 is 0. The normalized spacial score (nSPS) is 16.2. The summed E-state index contributed by atoms with van der Waals surface area (Å²) >= 11 is 0. The molecule has 1 heterocycles. The van der Waals surface area contributed by atoms with Crippen LogP contribution in [-0.2, 0) is 30.6 Å². The molecule has 4 heteroatoms. The topological polar surface area (TPSA) is 49.4 Å². The van der Waals surface area contributed by atoms with Gasteiger partial charge in [-0.15, -0.1) is 0 Å². The van der Waals surface area contributed by atoms with E-state index in [0.29, 0.717) is 13.0 Å². The second kappa shape index (κ2) is 9.25. The molecule has 4 rings (SSSR count). The van der Waals surface area contributed by atoms with Crippen molar-refractivity contribution in [3.8, 4) is 0 Å². The lowest BCUT2D eigenvalue weighted by molar-refractivity contribution is -0.120. The zero-order valence-electron chi connectivity index (χ0n) is 17.1. The van der Waals surface area contributed by atoms with Crippen LogP contribution in [0.15, 0.2) is 42.5 Å². The lowest BCUT2D eigenvalue weighted by Crippen LogP contribution is -2.35. The van der Waals surface area contributed by atoms with Crippen molar-refractivity contribution in [1.29, 1.82) is 0 Å². The van der Waals surface area contributed by atoms with Gasteiger partial charge in [-0.1, -0.05) is 30.3 Å². The van der Waals surface area contributed by atoms with Crippen LogP contribution in [0.2, 0.25) is 0 Å². The summed E-state index contributed by atoms with van der Waals surface area (Å²) in [6.45, 7) is 2.21. The number of nitrogens with one attached hydrogen (secondary N) is 1. The minimum absolute atomic E-state index is 0.0363. The molecule has 0 spiro atoms. The minimum atomic E-state index is 0.0363. The maximum absolute atomic E-state index is 12.5. The van der Waals surface area contributed by atoms with Gasteiger partial charge in [0.1, 0.15) is 0 Å². The number of benzene rings is 2. The third kappa shape index (κ3) is 5.06. The Hall–Kier alpha value is -2.62. The van der Waals surface area contributed by atoms with E-state index in [-0.39, 0.29) is 11.8 Å². The van der Waals surface area contributed by atoms with Gasteiger partial charge in [0.15, 0.2) is 0 Å². The smallest absolute Gasteiger partial charge is 0.253 e. The van der Waals surface area contributed by atoms with E-state index in [1.54, 1.807) is 0 Å². The summed E-state index contributed by atoms with van der Waals surface area (Å²) in [5, 5.41) is 3.01. The Labute approximate surface area is 173 Å². The third-order valence-electron chi connectivity index (χ3n) is 6.11. The summed E-state index contributed by atoms with van der Waals surface area (Å²) in [5.74, 6) is 0.155. The highest BCUT2D eigenvalue weighted by Gasteiger charge is 2.18. The molecule has 0 saturated carbocycles. The number of rotatable bonds is 5. The lowest BCUT2D eigenvalue weighted by Gasteiger charge is -2.26. The number of carbonyl (C=O) groups is 2. The number of aryl methyl sites for hydroxylation is 2. The molecule has 0 atom stereocenters. The van der Waals surface area contributed by atoms with Crippen molar-refractivity contribution in [2.75, 3.05) is 13.1 Å². The summed E-state index contributed by atoms with van der Waals surface area (Å²) in [5.41, 5.74) is 5.69. The van der Waals surface area contributed by atoms with E-state index in [4.69, 9.17) is 0 Å². The molecule has 1 saturated heterocycles. The Balaban J connectivity index is 1.28. The SMILES string of the molecule is O=C(Cc1ccc2c(c1)CCCC2)NCc1ccc(C(=O)N2CCCCC2)cc1. The first-order valence-electron chi connectivity index (χ1n) is 10.9. The molecule has 2 aliphatic rings. The average Bonchev–Trinajstić information content (AvgIpc) is 2.78. The highest BCUT2D eigenvalue weighted by Crippen LogP contribution is 2.22. The first-order valence-corrected chi connectivity index (χ1v) is 10.9. The maximum atomic E-state index is 12.5. The van der Waals surface area contributed by atoms with Crippen molar-refractivity contribution in [1.82, 2.24) is 10.2 Å². The molecule has 0 radical (unpaired) electrons. The average molecular weight is 391 g/mol. The summed E-state index contributed by atoms with van der Waals surface area (Å²) in [6.07, 6.45) is 8.65. The predicted molar refractivity (Wildman–Crippen MR) is 115 cm³/mol. The maximum Gasteiger partial charge on any atom is 0.253 e.